The Balaban J connectivity index is 2.27. The van der Waals surface area contributed by atoms with Crippen LogP contribution in [-0.2, 0) is 11.3 Å². The van der Waals surface area contributed by atoms with Crippen LogP contribution < -0.4 is 0 Å². The number of rotatable bonds is 3. The van der Waals surface area contributed by atoms with Gasteiger partial charge in [-0.1, -0.05) is 12.0 Å². The summed E-state index contributed by atoms with van der Waals surface area (Å²) in [6, 6.07) is 5.76. The average molecular weight is 161 g/mol. The van der Waals surface area contributed by atoms with Crippen molar-refractivity contribution in [2.24, 2.45) is 0 Å². The first-order valence-electron chi connectivity index (χ1n) is 3.80. The maximum Gasteiger partial charge on any atom is 0.108 e. The molecule has 1 rings (SSSR count). The van der Waals surface area contributed by atoms with Gasteiger partial charge in [0.05, 0.1) is 12.3 Å². The average Bonchev–Trinajstić information content (AvgIpc) is 2.14. The molecule has 0 amide bonds. The van der Waals surface area contributed by atoms with Gasteiger partial charge in [-0.25, -0.2) is 0 Å². The van der Waals surface area contributed by atoms with E-state index in [1.54, 1.807) is 13.1 Å². The molecule has 0 bridgehead atoms. The maximum absolute atomic E-state index is 5.22. The van der Waals surface area contributed by atoms with Crippen LogP contribution in [0.2, 0.25) is 0 Å². The van der Waals surface area contributed by atoms with Crippen molar-refractivity contribution in [3.05, 3.63) is 30.1 Å². The minimum Gasteiger partial charge on any atom is -0.362 e. The van der Waals surface area contributed by atoms with Gasteiger partial charge in [0.25, 0.3) is 0 Å². The molecule has 1 heterocycles. The van der Waals surface area contributed by atoms with Crippen molar-refractivity contribution in [1.29, 1.82) is 0 Å². The number of ether oxygens (including phenoxy) is 1. The fourth-order valence-electron chi connectivity index (χ4n) is 0.762. The molecule has 0 aliphatic carbocycles. The van der Waals surface area contributed by atoms with Gasteiger partial charge < -0.3 is 4.74 Å². The predicted octanol–water partition coefficient (Wildman–Crippen LogP) is 1.62. The molecule has 0 saturated heterocycles. The molecule has 12 heavy (non-hydrogen) atoms. The van der Waals surface area contributed by atoms with Crippen LogP contribution in [0.15, 0.2) is 24.4 Å². The third-order valence-electron chi connectivity index (χ3n) is 1.33. The fraction of sp³-hybridized carbons (Fsp3) is 0.300. The summed E-state index contributed by atoms with van der Waals surface area (Å²) in [7, 11) is 0. The third-order valence-corrected chi connectivity index (χ3v) is 1.33. The molecule has 0 saturated carbocycles. The molecule has 0 radical (unpaired) electrons. The number of nitrogens with zero attached hydrogens (tertiary/aromatic N) is 1. The van der Waals surface area contributed by atoms with Crippen molar-refractivity contribution in [2.75, 3.05) is 6.61 Å². The normalized spacial score (nSPS) is 8.75. The van der Waals surface area contributed by atoms with Crippen molar-refractivity contribution in [2.45, 2.75) is 13.5 Å². The van der Waals surface area contributed by atoms with Crippen LogP contribution in [-0.4, -0.2) is 11.6 Å². The monoisotopic (exact) mass is 161 g/mol. The summed E-state index contributed by atoms with van der Waals surface area (Å²) in [5.74, 6) is 5.58. The van der Waals surface area contributed by atoms with Crippen molar-refractivity contribution in [3.63, 3.8) is 0 Å². The van der Waals surface area contributed by atoms with Crippen molar-refractivity contribution in [3.8, 4) is 11.8 Å². The van der Waals surface area contributed by atoms with Crippen molar-refractivity contribution >= 4 is 0 Å². The Morgan fingerprint density at radius 2 is 2.42 bits per heavy atom. The van der Waals surface area contributed by atoms with Crippen LogP contribution in [0.4, 0.5) is 0 Å². The van der Waals surface area contributed by atoms with E-state index in [1.807, 2.05) is 18.2 Å². The summed E-state index contributed by atoms with van der Waals surface area (Å²) in [6.45, 7) is 2.81. The Bertz CT molecular complexity index is 271. The van der Waals surface area contributed by atoms with Gasteiger partial charge >= 0.3 is 0 Å². The van der Waals surface area contributed by atoms with Crippen LogP contribution in [0.1, 0.15) is 12.6 Å². The number of aromatic nitrogens is 1. The van der Waals surface area contributed by atoms with E-state index in [-0.39, 0.29) is 0 Å². The van der Waals surface area contributed by atoms with Crippen LogP contribution in [0, 0.1) is 11.8 Å². The Kier molecular flexibility index (Phi) is 3.90. The molecule has 0 aliphatic heterocycles. The lowest BCUT2D eigenvalue weighted by Gasteiger charge is -1.97. The molecular weight excluding hydrogens is 150 g/mol. The van der Waals surface area contributed by atoms with Gasteiger partial charge in [0.15, 0.2) is 0 Å². The SMILES string of the molecule is CC#CCOCc1ccccn1. The van der Waals surface area contributed by atoms with Gasteiger partial charge in [0.1, 0.15) is 6.61 Å². The van der Waals surface area contributed by atoms with E-state index in [2.05, 4.69) is 16.8 Å². The lowest BCUT2D eigenvalue weighted by molar-refractivity contribution is 0.150. The van der Waals surface area contributed by atoms with E-state index < -0.39 is 0 Å². The highest BCUT2D eigenvalue weighted by Gasteiger charge is 1.89. The lowest BCUT2D eigenvalue weighted by atomic mass is 10.4. The first kappa shape index (κ1) is 8.76. The predicted molar refractivity (Wildman–Crippen MR) is 47.3 cm³/mol. The van der Waals surface area contributed by atoms with Gasteiger partial charge in [0, 0.05) is 6.20 Å². The zero-order valence-electron chi connectivity index (χ0n) is 7.08. The quantitative estimate of drug-likeness (QED) is 0.496. The van der Waals surface area contributed by atoms with E-state index >= 15 is 0 Å². The number of hydrogen-bond acceptors (Lipinski definition) is 2. The number of pyridine rings is 1. The van der Waals surface area contributed by atoms with Crippen LogP contribution in [0.3, 0.4) is 0 Å². The van der Waals surface area contributed by atoms with Gasteiger partial charge in [0.2, 0.25) is 0 Å². The minimum atomic E-state index is 0.479. The molecule has 2 heteroatoms. The summed E-state index contributed by atoms with van der Waals surface area (Å²) < 4.78 is 5.22. The van der Waals surface area contributed by atoms with Gasteiger partial charge in [-0.3, -0.25) is 4.98 Å². The standard InChI is InChI=1S/C10H11NO/c1-2-3-8-12-9-10-6-4-5-7-11-10/h4-7H,8-9H2,1H3. The second kappa shape index (κ2) is 5.34. The van der Waals surface area contributed by atoms with E-state index in [1.165, 1.54) is 0 Å². The Morgan fingerprint density at radius 3 is 3.08 bits per heavy atom. The first-order chi connectivity index (χ1) is 5.93. The highest BCUT2D eigenvalue weighted by molar-refractivity contribution is 5.02. The molecule has 1 aromatic rings. The smallest absolute Gasteiger partial charge is 0.108 e. The molecule has 0 aliphatic rings. The lowest BCUT2D eigenvalue weighted by Crippen LogP contribution is -1.94. The highest BCUT2D eigenvalue weighted by Crippen LogP contribution is 1.94. The molecule has 0 atom stereocenters. The molecule has 0 fully saturated rings. The fourth-order valence-corrected chi connectivity index (χ4v) is 0.762. The molecule has 0 unspecified atom stereocenters. The third kappa shape index (κ3) is 3.18. The number of hydrogen-bond donors (Lipinski definition) is 0. The summed E-state index contributed by atoms with van der Waals surface area (Å²) >= 11 is 0. The molecule has 1 aromatic heterocycles. The van der Waals surface area contributed by atoms with E-state index in [0.717, 1.165) is 5.69 Å². The molecule has 0 spiro atoms. The van der Waals surface area contributed by atoms with Crippen LogP contribution in [0.25, 0.3) is 0 Å². The Hall–Kier alpha value is -1.33. The first-order valence-corrected chi connectivity index (χ1v) is 3.80. The molecule has 62 valence electrons. The second-order valence-electron chi connectivity index (χ2n) is 2.24. The topological polar surface area (TPSA) is 22.1 Å². The van der Waals surface area contributed by atoms with Crippen LogP contribution >= 0.6 is 0 Å². The molecule has 2 nitrogen and oxygen atoms in total. The van der Waals surface area contributed by atoms with E-state index in [4.69, 9.17) is 4.74 Å². The Morgan fingerprint density at radius 1 is 1.50 bits per heavy atom. The van der Waals surface area contributed by atoms with E-state index in [0.29, 0.717) is 13.2 Å². The van der Waals surface area contributed by atoms with Crippen LogP contribution in [0.5, 0.6) is 0 Å². The summed E-state index contributed by atoms with van der Waals surface area (Å²) in [6.07, 6.45) is 1.75. The Labute approximate surface area is 72.6 Å². The summed E-state index contributed by atoms with van der Waals surface area (Å²) in [5, 5.41) is 0. The molecule has 0 N–H and O–H groups in total. The van der Waals surface area contributed by atoms with Crippen molar-refractivity contribution < 1.29 is 4.74 Å². The van der Waals surface area contributed by atoms with Crippen molar-refractivity contribution in [1.82, 2.24) is 4.98 Å². The second-order valence-corrected chi connectivity index (χ2v) is 2.24. The summed E-state index contributed by atoms with van der Waals surface area (Å²) in [4.78, 5) is 4.10. The zero-order chi connectivity index (χ0) is 8.65. The van der Waals surface area contributed by atoms with Gasteiger partial charge in [-0.05, 0) is 19.1 Å². The molecule has 0 aromatic carbocycles. The maximum atomic E-state index is 5.22. The summed E-state index contributed by atoms with van der Waals surface area (Å²) in [5.41, 5.74) is 0.940. The minimum absolute atomic E-state index is 0.479. The van der Waals surface area contributed by atoms with Gasteiger partial charge in [-0.2, -0.15) is 0 Å². The zero-order valence-corrected chi connectivity index (χ0v) is 7.08. The largest absolute Gasteiger partial charge is 0.362 e. The molecular formula is C10H11NO. The highest BCUT2D eigenvalue weighted by atomic mass is 16.5. The van der Waals surface area contributed by atoms with E-state index in [9.17, 15) is 0 Å². The van der Waals surface area contributed by atoms with Gasteiger partial charge in [-0.15, -0.1) is 5.92 Å².